The fourth-order valence-electron chi connectivity index (χ4n) is 5.20. The Morgan fingerprint density at radius 2 is 1.77 bits per heavy atom. The van der Waals surface area contributed by atoms with Crippen molar-refractivity contribution in [2.45, 2.75) is 25.7 Å². The van der Waals surface area contributed by atoms with Gasteiger partial charge in [-0.3, -0.25) is 24.8 Å². The maximum absolute atomic E-state index is 13.5. The second-order valence-corrected chi connectivity index (χ2v) is 9.77. The van der Waals surface area contributed by atoms with E-state index in [-0.39, 0.29) is 17.6 Å². The number of imidazole rings is 1. The van der Waals surface area contributed by atoms with Crippen LogP contribution in [0, 0.1) is 11.7 Å². The molecule has 0 bridgehead atoms. The van der Waals surface area contributed by atoms with Crippen LogP contribution in [0.25, 0.3) is 56.0 Å². The van der Waals surface area contributed by atoms with E-state index in [9.17, 15) is 9.18 Å². The number of carbonyl (C=O) groups excluding carboxylic acids is 1. The molecule has 1 saturated carbocycles. The molecule has 0 saturated heterocycles. The fourth-order valence-corrected chi connectivity index (χ4v) is 5.20. The summed E-state index contributed by atoms with van der Waals surface area (Å²) < 4.78 is 13.5. The molecule has 10 heteroatoms. The monoisotopic (exact) mass is 518 g/mol. The van der Waals surface area contributed by atoms with Gasteiger partial charge in [-0.2, -0.15) is 5.10 Å². The van der Waals surface area contributed by atoms with Gasteiger partial charge >= 0.3 is 0 Å². The van der Waals surface area contributed by atoms with E-state index in [1.807, 2.05) is 18.2 Å². The number of aromatic amines is 2. The average molecular weight is 519 g/mol. The van der Waals surface area contributed by atoms with Crippen LogP contribution in [0.1, 0.15) is 25.7 Å². The average Bonchev–Trinajstić information content (AvgIpc) is 3.73. The van der Waals surface area contributed by atoms with E-state index in [1.54, 1.807) is 36.9 Å². The molecule has 0 atom stereocenters. The minimum atomic E-state index is -0.307. The fraction of sp³-hybridized carbons (Fsp3) is 0.172. The number of anilines is 1. The molecule has 7 rings (SSSR count). The lowest BCUT2D eigenvalue weighted by atomic mass is 10.1. The van der Waals surface area contributed by atoms with Gasteiger partial charge in [-0.25, -0.2) is 9.37 Å². The van der Waals surface area contributed by atoms with Crippen molar-refractivity contribution in [3.63, 3.8) is 0 Å². The Bertz CT molecular complexity index is 1840. The van der Waals surface area contributed by atoms with E-state index in [0.717, 1.165) is 53.2 Å². The lowest BCUT2D eigenvalue weighted by Crippen LogP contribution is -2.20. The molecular weight excluding hydrogens is 495 g/mol. The number of hydrogen-bond donors (Lipinski definition) is 3. The summed E-state index contributed by atoms with van der Waals surface area (Å²) in [6.07, 6.45) is 10.9. The molecular formula is C29H23FN8O. The Morgan fingerprint density at radius 1 is 0.923 bits per heavy atom. The minimum Gasteiger partial charge on any atom is -0.336 e. The highest BCUT2D eigenvalue weighted by Gasteiger charge is 2.23. The normalized spacial score (nSPS) is 13.9. The molecule has 1 aliphatic rings. The number of aromatic nitrogens is 7. The number of hydrogen-bond acceptors (Lipinski definition) is 6. The van der Waals surface area contributed by atoms with E-state index in [1.165, 1.54) is 12.1 Å². The van der Waals surface area contributed by atoms with Gasteiger partial charge in [0.25, 0.3) is 0 Å². The molecule has 1 aromatic carbocycles. The Hall–Kier alpha value is -4.99. The predicted octanol–water partition coefficient (Wildman–Crippen LogP) is 5.89. The van der Waals surface area contributed by atoms with Gasteiger partial charge in [0.05, 0.1) is 40.5 Å². The van der Waals surface area contributed by atoms with Crippen molar-refractivity contribution in [3.05, 3.63) is 73.1 Å². The van der Waals surface area contributed by atoms with E-state index in [0.29, 0.717) is 34.1 Å². The van der Waals surface area contributed by atoms with Crippen LogP contribution in [0.3, 0.4) is 0 Å². The molecule has 192 valence electrons. The van der Waals surface area contributed by atoms with Crippen molar-refractivity contribution >= 4 is 33.5 Å². The van der Waals surface area contributed by atoms with Gasteiger partial charge in [-0.15, -0.1) is 0 Å². The quantitative estimate of drug-likeness (QED) is 0.261. The molecule has 1 aliphatic carbocycles. The summed E-state index contributed by atoms with van der Waals surface area (Å²) in [7, 11) is 0. The van der Waals surface area contributed by atoms with Crippen LogP contribution in [0.15, 0.2) is 67.3 Å². The van der Waals surface area contributed by atoms with Crippen LogP contribution in [-0.4, -0.2) is 41.0 Å². The van der Waals surface area contributed by atoms with Crippen molar-refractivity contribution in [1.82, 2.24) is 35.1 Å². The van der Waals surface area contributed by atoms with E-state index in [2.05, 4.69) is 35.5 Å². The number of nitrogens with one attached hydrogen (secondary N) is 3. The molecule has 3 N–H and O–H groups in total. The summed E-state index contributed by atoms with van der Waals surface area (Å²) in [6.45, 7) is 0. The Kier molecular flexibility index (Phi) is 5.58. The number of fused-ring (bicyclic) bond motifs is 2. The predicted molar refractivity (Wildman–Crippen MR) is 146 cm³/mol. The SMILES string of the molecule is O=C(Nc1cncc(-c2cc3c(-c4nc5c(-c6ccc(F)cc6)nccc5[nH]4)n[nH]c3cn2)c1)C1CCCC1. The van der Waals surface area contributed by atoms with Crippen LogP contribution in [-0.2, 0) is 4.79 Å². The first-order chi connectivity index (χ1) is 19.1. The largest absolute Gasteiger partial charge is 0.336 e. The first-order valence-electron chi connectivity index (χ1n) is 12.8. The molecule has 0 unspecified atom stereocenters. The summed E-state index contributed by atoms with van der Waals surface area (Å²) in [6, 6.07) is 11.8. The zero-order valence-electron chi connectivity index (χ0n) is 20.8. The summed E-state index contributed by atoms with van der Waals surface area (Å²) in [5.74, 6) is 0.379. The van der Waals surface area contributed by atoms with Crippen LogP contribution >= 0.6 is 0 Å². The summed E-state index contributed by atoms with van der Waals surface area (Å²) in [5.41, 5.74) is 6.39. The van der Waals surface area contributed by atoms with Gasteiger partial charge in [0, 0.05) is 34.8 Å². The van der Waals surface area contributed by atoms with E-state index in [4.69, 9.17) is 4.98 Å². The van der Waals surface area contributed by atoms with Crippen LogP contribution in [0.2, 0.25) is 0 Å². The number of amides is 1. The molecule has 0 aliphatic heterocycles. The molecule has 5 heterocycles. The zero-order valence-corrected chi connectivity index (χ0v) is 20.8. The van der Waals surface area contributed by atoms with Crippen molar-refractivity contribution in [3.8, 4) is 34.0 Å². The second-order valence-electron chi connectivity index (χ2n) is 9.77. The lowest BCUT2D eigenvalue weighted by molar-refractivity contribution is -0.119. The molecule has 39 heavy (non-hydrogen) atoms. The van der Waals surface area contributed by atoms with Crippen molar-refractivity contribution < 1.29 is 9.18 Å². The van der Waals surface area contributed by atoms with Crippen molar-refractivity contribution in [2.75, 3.05) is 5.32 Å². The topological polar surface area (TPSA) is 125 Å². The van der Waals surface area contributed by atoms with Crippen LogP contribution in [0.4, 0.5) is 10.1 Å². The Balaban J connectivity index is 1.24. The first-order valence-corrected chi connectivity index (χ1v) is 12.8. The number of nitrogens with zero attached hydrogens (tertiary/aromatic N) is 5. The number of H-pyrrole nitrogens is 2. The van der Waals surface area contributed by atoms with Gasteiger partial charge < -0.3 is 10.3 Å². The minimum absolute atomic E-state index is 0.0476. The van der Waals surface area contributed by atoms with Gasteiger partial charge in [-0.05, 0) is 55.3 Å². The number of pyridine rings is 3. The third-order valence-corrected chi connectivity index (χ3v) is 7.22. The van der Waals surface area contributed by atoms with Crippen LogP contribution in [0.5, 0.6) is 0 Å². The molecule has 5 aromatic heterocycles. The number of halogens is 1. The van der Waals surface area contributed by atoms with E-state index >= 15 is 0 Å². The third-order valence-electron chi connectivity index (χ3n) is 7.22. The summed E-state index contributed by atoms with van der Waals surface area (Å²) in [4.78, 5) is 34.2. The standard InChI is InChI=1S/C29H23FN8O/c30-19-7-5-16(6-8-19)25-27-22(9-10-32-25)35-28(36-27)26-21-12-23(33-15-24(21)37-38-26)18-11-20(14-31-13-18)34-29(39)17-3-1-2-4-17/h5-15,17H,1-4H2,(H,34,39)(H,35,36)(H,37,38). The summed E-state index contributed by atoms with van der Waals surface area (Å²) >= 11 is 0. The van der Waals surface area contributed by atoms with Crippen molar-refractivity contribution in [2.24, 2.45) is 5.92 Å². The summed E-state index contributed by atoms with van der Waals surface area (Å²) in [5, 5.41) is 11.4. The molecule has 9 nitrogen and oxygen atoms in total. The molecule has 0 radical (unpaired) electrons. The van der Waals surface area contributed by atoms with Gasteiger partial charge in [-0.1, -0.05) is 12.8 Å². The maximum atomic E-state index is 13.5. The highest BCUT2D eigenvalue weighted by Crippen LogP contribution is 2.32. The number of carbonyl (C=O) groups is 1. The highest BCUT2D eigenvalue weighted by atomic mass is 19.1. The zero-order chi connectivity index (χ0) is 26.3. The number of benzene rings is 1. The van der Waals surface area contributed by atoms with Gasteiger partial charge in [0.15, 0.2) is 5.82 Å². The van der Waals surface area contributed by atoms with Crippen LogP contribution < -0.4 is 5.32 Å². The molecule has 1 amide bonds. The Morgan fingerprint density at radius 3 is 2.62 bits per heavy atom. The second kappa shape index (κ2) is 9.39. The lowest BCUT2D eigenvalue weighted by Gasteiger charge is -2.11. The number of rotatable bonds is 5. The first kappa shape index (κ1) is 23.2. The highest BCUT2D eigenvalue weighted by molar-refractivity contribution is 5.97. The maximum Gasteiger partial charge on any atom is 0.227 e. The van der Waals surface area contributed by atoms with Gasteiger partial charge in [0.1, 0.15) is 17.0 Å². The van der Waals surface area contributed by atoms with Crippen molar-refractivity contribution in [1.29, 1.82) is 0 Å². The smallest absolute Gasteiger partial charge is 0.227 e. The molecule has 6 aromatic rings. The van der Waals surface area contributed by atoms with E-state index < -0.39 is 0 Å². The molecule has 0 spiro atoms. The molecule has 1 fully saturated rings. The van der Waals surface area contributed by atoms with Gasteiger partial charge in [0.2, 0.25) is 5.91 Å². The third kappa shape index (κ3) is 4.29. The Labute approximate surface area is 222 Å².